The van der Waals surface area contributed by atoms with Gasteiger partial charge in [-0.2, -0.15) is 10.5 Å². The lowest BCUT2D eigenvalue weighted by Gasteiger charge is -2.14. The molecular formula is C14H19N5. The Balaban J connectivity index is 3.28. The van der Waals surface area contributed by atoms with E-state index < -0.39 is 0 Å². The molecule has 0 aliphatic heterocycles. The van der Waals surface area contributed by atoms with E-state index >= 15 is 0 Å². The fourth-order valence-electron chi connectivity index (χ4n) is 1.72. The molecule has 1 aromatic heterocycles. The summed E-state index contributed by atoms with van der Waals surface area (Å²) in [4.78, 5) is 4.38. The minimum absolute atomic E-state index is 0.451. The van der Waals surface area contributed by atoms with Crippen molar-refractivity contribution in [3.8, 4) is 12.1 Å². The number of rotatable bonds is 6. The van der Waals surface area contributed by atoms with Gasteiger partial charge in [-0.15, -0.1) is 0 Å². The first-order chi connectivity index (χ1) is 9.19. The maximum absolute atomic E-state index is 9.23. The Kier molecular flexibility index (Phi) is 5.63. The minimum atomic E-state index is 0.451. The number of nitriles is 2. The van der Waals surface area contributed by atoms with Crippen LogP contribution in [0.4, 0.5) is 11.6 Å². The quantitative estimate of drug-likeness (QED) is 0.818. The van der Waals surface area contributed by atoms with Gasteiger partial charge in [0.15, 0.2) is 0 Å². The lowest BCUT2D eigenvalue weighted by atomic mass is 10.1. The van der Waals surface area contributed by atoms with E-state index in [4.69, 9.17) is 0 Å². The molecule has 0 bridgehead atoms. The summed E-state index contributed by atoms with van der Waals surface area (Å²) < 4.78 is 0. The second kappa shape index (κ2) is 7.23. The van der Waals surface area contributed by atoms with Crippen LogP contribution in [0, 0.1) is 29.6 Å². The Morgan fingerprint density at radius 2 is 1.37 bits per heavy atom. The van der Waals surface area contributed by atoms with E-state index in [-0.39, 0.29) is 0 Å². The SMILES string of the molecule is CCCNc1nc(NCCC)c(C#N)c(C)c1C#N. The van der Waals surface area contributed by atoms with Crippen molar-refractivity contribution in [1.29, 1.82) is 10.5 Å². The Hall–Kier alpha value is -2.27. The van der Waals surface area contributed by atoms with Crippen molar-refractivity contribution in [2.75, 3.05) is 23.7 Å². The van der Waals surface area contributed by atoms with E-state index in [1.807, 2.05) is 13.8 Å². The molecule has 0 aromatic carbocycles. The van der Waals surface area contributed by atoms with E-state index in [2.05, 4.69) is 27.8 Å². The van der Waals surface area contributed by atoms with Gasteiger partial charge < -0.3 is 10.6 Å². The van der Waals surface area contributed by atoms with Crippen LogP contribution in [0.1, 0.15) is 43.4 Å². The topological polar surface area (TPSA) is 84.5 Å². The summed E-state index contributed by atoms with van der Waals surface area (Å²) in [5.74, 6) is 1.11. The third-order valence-electron chi connectivity index (χ3n) is 2.76. The first-order valence-electron chi connectivity index (χ1n) is 6.52. The summed E-state index contributed by atoms with van der Waals surface area (Å²) in [5, 5.41) is 24.7. The highest BCUT2D eigenvalue weighted by molar-refractivity contribution is 5.68. The van der Waals surface area contributed by atoms with Crippen molar-refractivity contribution in [2.24, 2.45) is 0 Å². The predicted octanol–water partition coefficient (Wildman–Crippen LogP) is 2.78. The van der Waals surface area contributed by atoms with Crippen molar-refractivity contribution in [3.63, 3.8) is 0 Å². The number of anilines is 2. The van der Waals surface area contributed by atoms with Crippen LogP contribution in [0.15, 0.2) is 0 Å². The molecule has 1 rings (SSSR count). The van der Waals surface area contributed by atoms with E-state index in [1.165, 1.54) is 0 Å². The standard InChI is InChI=1S/C14H19N5/c1-4-6-17-13-11(8-15)10(3)12(9-16)14(19-13)18-7-5-2/h4-7H2,1-3H3,(H2,17,18,19). The zero-order valence-electron chi connectivity index (χ0n) is 11.7. The van der Waals surface area contributed by atoms with Crippen molar-refractivity contribution >= 4 is 11.6 Å². The molecule has 2 N–H and O–H groups in total. The van der Waals surface area contributed by atoms with Crippen LogP contribution in [0.3, 0.4) is 0 Å². The summed E-state index contributed by atoms with van der Waals surface area (Å²) in [5.41, 5.74) is 1.58. The Morgan fingerprint density at radius 3 is 1.68 bits per heavy atom. The highest BCUT2D eigenvalue weighted by atomic mass is 15.1. The van der Waals surface area contributed by atoms with Crippen LogP contribution < -0.4 is 10.6 Å². The average Bonchev–Trinajstić information content (AvgIpc) is 2.42. The first kappa shape index (κ1) is 14.8. The van der Waals surface area contributed by atoms with Gasteiger partial charge >= 0.3 is 0 Å². The zero-order valence-corrected chi connectivity index (χ0v) is 11.7. The van der Waals surface area contributed by atoms with Crippen LogP contribution in [0.2, 0.25) is 0 Å². The molecule has 0 unspecified atom stereocenters. The summed E-state index contributed by atoms with van der Waals surface area (Å²) in [7, 11) is 0. The van der Waals surface area contributed by atoms with Gasteiger partial charge in [-0.1, -0.05) is 13.8 Å². The highest BCUT2D eigenvalue weighted by Gasteiger charge is 2.16. The molecular weight excluding hydrogens is 238 g/mol. The molecule has 0 saturated heterocycles. The molecule has 19 heavy (non-hydrogen) atoms. The third-order valence-corrected chi connectivity index (χ3v) is 2.76. The molecule has 0 aliphatic carbocycles. The molecule has 5 nitrogen and oxygen atoms in total. The molecule has 0 atom stereocenters. The number of pyridine rings is 1. The normalized spacial score (nSPS) is 9.53. The molecule has 1 aromatic rings. The van der Waals surface area contributed by atoms with Gasteiger partial charge in [-0.05, 0) is 25.3 Å². The smallest absolute Gasteiger partial charge is 0.146 e. The first-order valence-corrected chi connectivity index (χ1v) is 6.52. The maximum Gasteiger partial charge on any atom is 0.146 e. The van der Waals surface area contributed by atoms with Crippen LogP contribution >= 0.6 is 0 Å². The van der Waals surface area contributed by atoms with Gasteiger partial charge in [0, 0.05) is 13.1 Å². The second-order valence-electron chi connectivity index (χ2n) is 4.26. The molecule has 100 valence electrons. The van der Waals surface area contributed by atoms with Gasteiger partial charge in [0.05, 0.1) is 11.1 Å². The average molecular weight is 257 g/mol. The number of hydrogen-bond acceptors (Lipinski definition) is 5. The Morgan fingerprint density at radius 1 is 0.947 bits per heavy atom. The number of aromatic nitrogens is 1. The maximum atomic E-state index is 9.23. The van der Waals surface area contributed by atoms with E-state index in [0.717, 1.165) is 25.9 Å². The third kappa shape index (κ3) is 3.35. The molecule has 0 saturated carbocycles. The van der Waals surface area contributed by atoms with E-state index in [0.29, 0.717) is 28.3 Å². The second-order valence-corrected chi connectivity index (χ2v) is 4.26. The van der Waals surface area contributed by atoms with E-state index in [9.17, 15) is 10.5 Å². The van der Waals surface area contributed by atoms with Crippen molar-refractivity contribution in [2.45, 2.75) is 33.6 Å². The fourth-order valence-corrected chi connectivity index (χ4v) is 1.72. The molecule has 0 fully saturated rings. The van der Waals surface area contributed by atoms with Gasteiger partial charge in [0.2, 0.25) is 0 Å². The van der Waals surface area contributed by atoms with Gasteiger partial charge in [-0.3, -0.25) is 0 Å². The molecule has 0 radical (unpaired) electrons. The minimum Gasteiger partial charge on any atom is -0.369 e. The number of nitrogens with zero attached hydrogens (tertiary/aromatic N) is 3. The molecule has 1 heterocycles. The lowest BCUT2D eigenvalue weighted by Crippen LogP contribution is -2.11. The fraction of sp³-hybridized carbons (Fsp3) is 0.500. The van der Waals surface area contributed by atoms with Crippen LogP contribution in [0.5, 0.6) is 0 Å². The number of nitrogens with one attached hydrogen (secondary N) is 2. The summed E-state index contributed by atoms with van der Waals surface area (Å²) in [6.45, 7) is 7.38. The Labute approximate surface area is 114 Å². The van der Waals surface area contributed by atoms with Gasteiger partial charge in [0.1, 0.15) is 23.8 Å². The number of hydrogen-bond donors (Lipinski definition) is 2. The van der Waals surface area contributed by atoms with Gasteiger partial charge in [-0.25, -0.2) is 4.98 Å². The largest absolute Gasteiger partial charge is 0.369 e. The molecule has 0 aliphatic rings. The van der Waals surface area contributed by atoms with Crippen LogP contribution in [-0.2, 0) is 0 Å². The summed E-state index contributed by atoms with van der Waals surface area (Å²) in [6.07, 6.45) is 1.90. The molecule has 0 amide bonds. The molecule has 0 spiro atoms. The summed E-state index contributed by atoms with van der Waals surface area (Å²) in [6, 6.07) is 4.25. The zero-order chi connectivity index (χ0) is 14.3. The van der Waals surface area contributed by atoms with Crippen LogP contribution in [-0.4, -0.2) is 18.1 Å². The monoisotopic (exact) mass is 257 g/mol. The van der Waals surface area contributed by atoms with Crippen molar-refractivity contribution < 1.29 is 0 Å². The van der Waals surface area contributed by atoms with Crippen LogP contribution in [0.25, 0.3) is 0 Å². The van der Waals surface area contributed by atoms with Crippen molar-refractivity contribution in [1.82, 2.24) is 4.98 Å². The highest BCUT2D eigenvalue weighted by Crippen LogP contribution is 2.25. The predicted molar refractivity (Wildman–Crippen MR) is 76.0 cm³/mol. The van der Waals surface area contributed by atoms with E-state index in [1.54, 1.807) is 6.92 Å². The van der Waals surface area contributed by atoms with Crippen molar-refractivity contribution in [3.05, 3.63) is 16.7 Å². The molecule has 5 heteroatoms. The lowest BCUT2D eigenvalue weighted by molar-refractivity contribution is 0.951. The van der Waals surface area contributed by atoms with Gasteiger partial charge in [0.25, 0.3) is 0 Å². The Bertz CT molecular complexity index is 478. The summed E-state index contributed by atoms with van der Waals surface area (Å²) >= 11 is 0.